The molecule has 0 spiro atoms. The van der Waals surface area contributed by atoms with E-state index in [1.54, 1.807) is 12.1 Å². The molecule has 3 N–H and O–H groups in total. The summed E-state index contributed by atoms with van der Waals surface area (Å²) in [5.41, 5.74) is 5.89. The monoisotopic (exact) mass is 323 g/mol. The Morgan fingerprint density at radius 1 is 1.53 bits per heavy atom. The maximum absolute atomic E-state index is 13.5. The predicted octanol–water partition coefficient (Wildman–Crippen LogP) is 2.45. The van der Waals surface area contributed by atoms with E-state index in [9.17, 15) is 9.50 Å². The maximum Gasteiger partial charge on any atom is 0.128 e. The van der Waals surface area contributed by atoms with Gasteiger partial charge in [-0.25, -0.2) is 4.39 Å². The second-order valence-electron chi connectivity index (χ2n) is 4.29. The maximum atomic E-state index is 13.5. The van der Waals surface area contributed by atoms with Crippen molar-refractivity contribution in [3.05, 3.63) is 33.1 Å². The van der Waals surface area contributed by atoms with Gasteiger partial charge in [0, 0.05) is 27.2 Å². The SMILES string of the molecule is CC(C)(CO)[C@@H](N)c1cc(I)ccc1F. The number of halogens is 2. The zero-order chi connectivity index (χ0) is 11.6. The fraction of sp³-hybridized carbons (Fsp3) is 0.455. The molecule has 0 bridgehead atoms. The van der Waals surface area contributed by atoms with Crippen LogP contribution in [-0.2, 0) is 0 Å². The first-order chi connectivity index (χ1) is 6.88. The average molecular weight is 323 g/mol. The van der Waals surface area contributed by atoms with Crippen LogP contribution < -0.4 is 5.73 Å². The summed E-state index contributed by atoms with van der Waals surface area (Å²) < 4.78 is 14.5. The van der Waals surface area contributed by atoms with Crippen molar-refractivity contribution in [1.29, 1.82) is 0 Å². The summed E-state index contributed by atoms with van der Waals surface area (Å²) in [6.45, 7) is 3.56. The van der Waals surface area contributed by atoms with Crippen LogP contribution in [0.4, 0.5) is 4.39 Å². The Labute approximate surface area is 103 Å². The summed E-state index contributed by atoms with van der Waals surface area (Å²) in [5.74, 6) is -0.315. The van der Waals surface area contributed by atoms with Gasteiger partial charge in [-0.3, -0.25) is 0 Å². The molecule has 1 aromatic carbocycles. The zero-order valence-corrected chi connectivity index (χ0v) is 11.0. The van der Waals surface area contributed by atoms with Crippen LogP contribution in [0.25, 0.3) is 0 Å². The molecule has 0 saturated heterocycles. The number of aliphatic hydroxyl groups is 1. The minimum atomic E-state index is -0.523. The Morgan fingerprint density at radius 3 is 2.67 bits per heavy atom. The third-order valence-corrected chi connectivity index (χ3v) is 3.21. The highest BCUT2D eigenvalue weighted by Crippen LogP contribution is 2.32. The van der Waals surface area contributed by atoms with Gasteiger partial charge in [0.1, 0.15) is 5.82 Å². The van der Waals surface area contributed by atoms with Crippen LogP contribution in [0.15, 0.2) is 18.2 Å². The van der Waals surface area contributed by atoms with Crippen LogP contribution in [0.5, 0.6) is 0 Å². The number of benzene rings is 1. The molecule has 0 heterocycles. The molecular weight excluding hydrogens is 308 g/mol. The van der Waals surface area contributed by atoms with Gasteiger partial charge >= 0.3 is 0 Å². The molecule has 0 aromatic heterocycles. The van der Waals surface area contributed by atoms with E-state index in [-0.39, 0.29) is 12.4 Å². The zero-order valence-electron chi connectivity index (χ0n) is 8.80. The van der Waals surface area contributed by atoms with Gasteiger partial charge in [0.25, 0.3) is 0 Å². The van der Waals surface area contributed by atoms with E-state index in [1.807, 2.05) is 13.8 Å². The van der Waals surface area contributed by atoms with Crippen LogP contribution in [-0.4, -0.2) is 11.7 Å². The van der Waals surface area contributed by atoms with E-state index in [2.05, 4.69) is 22.6 Å². The lowest BCUT2D eigenvalue weighted by molar-refractivity contribution is 0.131. The summed E-state index contributed by atoms with van der Waals surface area (Å²) in [5, 5.41) is 9.18. The summed E-state index contributed by atoms with van der Waals surface area (Å²) in [6.07, 6.45) is 0. The minimum absolute atomic E-state index is 0.0704. The Bertz CT molecular complexity index is 354. The highest BCUT2D eigenvalue weighted by Gasteiger charge is 2.28. The Morgan fingerprint density at radius 2 is 2.13 bits per heavy atom. The van der Waals surface area contributed by atoms with Gasteiger partial charge in [-0.05, 0) is 40.8 Å². The Kier molecular flexibility index (Phi) is 4.08. The van der Waals surface area contributed by atoms with Gasteiger partial charge in [-0.15, -0.1) is 0 Å². The van der Waals surface area contributed by atoms with E-state index in [0.717, 1.165) is 3.57 Å². The van der Waals surface area contributed by atoms with Gasteiger partial charge in [0.2, 0.25) is 0 Å². The van der Waals surface area contributed by atoms with E-state index in [0.29, 0.717) is 5.56 Å². The predicted molar refractivity (Wildman–Crippen MR) is 66.9 cm³/mol. The molecule has 1 rings (SSSR count). The van der Waals surface area contributed by atoms with Crippen LogP contribution in [0.3, 0.4) is 0 Å². The first-order valence-electron chi connectivity index (χ1n) is 4.70. The molecule has 84 valence electrons. The average Bonchev–Trinajstić information content (AvgIpc) is 2.20. The van der Waals surface area contributed by atoms with Gasteiger partial charge < -0.3 is 10.8 Å². The molecule has 0 amide bonds. The van der Waals surface area contributed by atoms with Crippen LogP contribution in [0.1, 0.15) is 25.5 Å². The summed E-state index contributed by atoms with van der Waals surface area (Å²) in [6, 6.07) is 4.32. The fourth-order valence-corrected chi connectivity index (χ4v) is 1.79. The number of hydrogen-bond donors (Lipinski definition) is 2. The molecule has 2 nitrogen and oxygen atoms in total. The van der Waals surface area contributed by atoms with Crippen molar-refractivity contribution in [2.75, 3.05) is 6.61 Å². The molecule has 15 heavy (non-hydrogen) atoms. The standard InChI is InChI=1S/C11H15FINO/c1-11(2,6-15)10(14)8-5-7(13)3-4-9(8)12/h3-5,10,15H,6,14H2,1-2H3/t10-/m0/s1. The normalized spacial score (nSPS) is 14.0. The van der Waals surface area contributed by atoms with Crippen molar-refractivity contribution in [1.82, 2.24) is 0 Å². The first-order valence-corrected chi connectivity index (χ1v) is 5.78. The number of rotatable bonds is 3. The lowest BCUT2D eigenvalue weighted by atomic mass is 9.82. The van der Waals surface area contributed by atoms with Crippen molar-refractivity contribution in [3.63, 3.8) is 0 Å². The second kappa shape index (κ2) is 4.76. The Balaban J connectivity index is 3.10. The largest absolute Gasteiger partial charge is 0.396 e. The molecule has 0 fully saturated rings. The fourth-order valence-electron chi connectivity index (χ4n) is 1.27. The van der Waals surface area contributed by atoms with Crippen molar-refractivity contribution in [3.8, 4) is 0 Å². The van der Waals surface area contributed by atoms with Crippen LogP contribution in [0.2, 0.25) is 0 Å². The molecule has 4 heteroatoms. The highest BCUT2D eigenvalue weighted by molar-refractivity contribution is 14.1. The topological polar surface area (TPSA) is 46.2 Å². The van der Waals surface area contributed by atoms with Crippen molar-refractivity contribution in [2.24, 2.45) is 11.1 Å². The third kappa shape index (κ3) is 2.89. The molecule has 0 saturated carbocycles. The summed E-state index contributed by atoms with van der Waals surface area (Å²) in [7, 11) is 0. The molecule has 0 aliphatic rings. The first kappa shape index (κ1) is 12.9. The quantitative estimate of drug-likeness (QED) is 0.840. The van der Waals surface area contributed by atoms with Crippen molar-refractivity contribution in [2.45, 2.75) is 19.9 Å². The van der Waals surface area contributed by atoms with Gasteiger partial charge in [0.15, 0.2) is 0 Å². The molecule has 0 unspecified atom stereocenters. The van der Waals surface area contributed by atoms with Crippen molar-refractivity contribution >= 4 is 22.6 Å². The van der Waals surface area contributed by atoms with E-state index in [1.165, 1.54) is 6.07 Å². The second-order valence-corrected chi connectivity index (χ2v) is 5.54. The lowest BCUT2D eigenvalue weighted by Gasteiger charge is -2.30. The molecular formula is C11H15FINO. The third-order valence-electron chi connectivity index (χ3n) is 2.54. The van der Waals surface area contributed by atoms with E-state index >= 15 is 0 Å². The van der Waals surface area contributed by atoms with E-state index in [4.69, 9.17) is 5.73 Å². The molecule has 0 aliphatic heterocycles. The Hall–Kier alpha value is -0.200. The summed E-state index contributed by atoms with van der Waals surface area (Å²) >= 11 is 2.11. The molecule has 1 atom stereocenters. The number of hydrogen-bond acceptors (Lipinski definition) is 2. The van der Waals surface area contributed by atoms with Gasteiger partial charge in [-0.1, -0.05) is 13.8 Å². The number of nitrogens with two attached hydrogens (primary N) is 1. The smallest absolute Gasteiger partial charge is 0.128 e. The van der Waals surface area contributed by atoms with E-state index < -0.39 is 11.5 Å². The minimum Gasteiger partial charge on any atom is -0.396 e. The molecule has 1 aromatic rings. The van der Waals surface area contributed by atoms with Crippen molar-refractivity contribution < 1.29 is 9.50 Å². The number of aliphatic hydroxyl groups excluding tert-OH is 1. The molecule has 0 aliphatic carbocycles. The van der Waals surface area contributed by atoms with Gasteiger partial charge in [-0.2, -0.15) is 0 Å². The van der Waals surface area contributed by atoms with Crippen LogP contribution in [0, 0.1) is 14.8 Å². The van der Waals surface area contributed by atoms with Gasteiger partial charge in [0.05, 0.1) is 0 Å². The lowest BCUT2D eigenvalue weighted by Crippen LogP contribution is -2.33. The summed E-state index contributed by atoms with van der Waals surface area (Å²) in [4.78, 5) is 0. The molecule has 0 radical (unpaired) electrons. The highest BCUT2D eigenvalue weighted by atomic mass is 127. The van der Waals surface area contributed by atoms with Crippen LogP contribution >= 0.6 is 22.6 Å².